The molecule has 0 spiro atoms. The minimum absolute atomic E-state index is 0.0988. The quantitative estimate of drug-likeness (QED) is 0.413. The van der Waals surface area contributed by atoms with Gasteiger partial charge in [-0.3, -0.25) is 4.90 Å². The van der Waals surface area contributed by atoms with E-state index >= 15 is 0 Å². The number of hydrogen-bond acceptors (Lipinski definition) is 6. The molecule has 33 heavy (non-hydrogen) atoms. The summed E-state index contributed by atoms with van der Waals surface area (Å²) >= 11 is 0. The van der Waals surface area contributed by atoms with E-state index in [0.717, 1.165) is 37.9 Å². The molecule has 2 aliphatic rings. The van der Waals surface area contributed by atoms with Crippen molar-refractivity contribution >= 4 is 17.5 Å². The molecule has 2 fully saturated rings. The van der Waals surface area contributed by atoms with Gasteiger partial charge in [-0.2, -0.15) is 0 Å². The predicted octanol–water partition coefficient (Wildman–Crippen LogP) is 4.07. The lowest BCUT2D eigenvalue weighted by molar-refractivity contribution is 0.143. The molecule has 178 valence electrons. The molecule has 0 radical (unpaired) electrons. The Hall–Kier alpha value is -2.84. The third-order valence-corrected chi connectivity index (χ3v) is 6.65. The van der Waals surface area contributed by atoms with Crippen molar-refractivity contribution in [2.75, 3.05) is 43.5 Å². The highest BCUT2D eigenvalue weighted by atomic mass is 16.5. The van der Waals surface area contributed by atoms with Crippen molar-refractivity contribution in [1.29, 1.82) is 0 Å². The van der Waals surface area contributed by atoms with Gasteiger partial charge in [0, 0.05) is 32.7 Å². The maximum Gasteiger partial charge on any atom is 0.321 e. The molecule has 2 amide bonds. The van der Waals surface area contributed by atoms with E-state index in [-0.39, 0.29) is 6.03 Å². The minimum Gasteiger partial charge on any atom is -0.494 e. The topological polar surface area (TPSA) is 95.8 Å². The van der Waals surface area contributed by atoms with Gasteiger partial charge in [0.25, 0.3) is 0 Å². The second kappa shape index (κ2) is 11.9. The summed E-state index contributed by atoms with van der Waals surface area (Å²) in [6.45, 7) is 4.75. The maximum atomic E-state index is 12.6. The minimum atomic E-state index is -0.0988. The lowest BCUT2D eigenvalue weighted by Gasteiger charge is -2.34. The van der Waals surface area contributed by atoms with Crippen LogP contribution < -0.4 is 21.3 Å². The number of aromatic nitrogens is 1. The number of nitrogens with one attached hydrogen (secondary N) is 2. The molecule has 1 saturated carbocycles. The number of anilines is 2. The molecule has 1 aliphatic heterocycles. The average Bonchev–Trinajstić information content (AvgIpc) is 2.86. The summed E-state index contributed by atoms with van der Waals surface area (Å²) in [7, 11) is 0. The fourth-order valence-electron chi connectivity index (χ4n) is 4.68. The van der Waals surface area contributed by atoms with E-state index < -0.39 is 0 Å². The Kier molecular flexibility index (Phi) is 8.38. The van der Waals surface area contributed by atoms with Gasteiger partial charge in [0.2, 0.25) is 0 Å². The normalized spacial score (nSPS) is 17.5. The summed E-state index contributed by atoms with van der Waals surface area (Å²) in [6, 6.07) is 11.8. The fourth-order valence-corrected chi connectivity index (χ4v) is 4.68. The van der Waals surface area contributed by atoms with Crippen molar-refractivity contribution < 1.29 is 9.53 Å². The molecule has 8 heteroatoms. The van der Waals surface area contributed by atoms with Gasteiger partial charge in [-0.1, -0.05) is 44.2 Å². The van der Waals surface area contributed by atoms with Crippen LogP contribution in [0.3, 0.4) is 0 Å². The third-order valence-electron chi connectivity index (χ3n) is 6.65. The Morgan fingerprint density at radius 1 is 1.09 bits per heavy atom. The number of hydrazine groups is 1. The predicted molar refractivity (Wildman–Crippen MR) is 131 cm³/mol. The standard InChI is InChI=1S/C25H36N6O2/c26-29-24-10-9-22(18-27-24)28-25(32)31-14-12-30(13-15-31)19-21-7-4-8-23(17-21)33-16-11-20-5-2-1-3-6-20/h4,7-10,17-18,20H,1-3,5-6,11-16,19,26H2,(H,27,29)(H,28,32). The first-order chi connectivity index (χ1) is 16.2. The van der Waals surface area contributed by atoms with Crippen molar-refractivity contribution in [1.82, 2.24) is 14.8 Å². The van der Waals surface area contributed by atoms with Crippen LogP contribution in [0.2, 0.25) is 0 Å². The Morgan fingerprint density at radius 3 is 2.64 bits per heavy atom. The van der Waals surface area contributed by atoms with Gasteiger partial charge in [0.1, 0.15) is 11.6 Å². The Morgan fingerprint density at radius 2 is 1.91 bits per heavy atom. The molecule has 2 aromatic rings. The van der Waals surface area contributed by atoms with Crippen LogP contribution in [-0.2, 0) is 6.54 Å². The number of carbonyl (C=O) groups is 1. The highest BCUT2D eigenvalue weighted by Crippen LogP contribution is 2.26. The molecule has 4 N–H and O–H groups in total. The molecule has 1 aliphatic carbocycles. The number of amides is 2. The van der Waals surface area contributed by atoms with Crippen LogP contribution in [0.15, 0.2) is 42.6 Å². The van der Waals surface area contributed by atoms with Gasteiger partial charge in [-0.15, -0.1) is 0 Å². The summed E-state index contributed by atoms with van der Waals surface area (Å²) in [4.78, 5) is 20.9. The van der Waals surface area contributed by atoms with Crippen molar-refractivity contribution in [3.8, 4) is 5.75 Å². The maximum absolute atomic E-state index is 12.6. The first-order valence-electron chi connectivity index (χ1n) is 12.1. The molecule has 8 nitrogen and oxygen atoms in total. The van der Waals surface area contributed by atoms with Gasteiger partial charge >= 0.3 is 6.03 Å². The first-order valence-corrected chi connectivity index (χ1v) is 12.1. The number of piperazine rings is 1. The van der Waals surface area contributed by atoms with Crippen molar-refractivity contribution in [2.24, 2.45) is 11.8 Å². The Balaban J connectivity index is 1.19. The summed E-state index contributed by atoms with van der Waals surface area (Å²) in [5, 5.41) is 2.90. The van der Waals surface area contributed by atoms with Gasteiger partial charge in [0.05, 0.1) is 18.5 Å². The smallest absolute Gasteiger partial charge is 0.321 e. The highest BCUT2D eigenvalue weighted by molar-refractivity contribution is 5.89. The third kappa shape index (κ3) is 7.07. The number of urea groups is 1. The van der Waals surface area contributed by atoms with Gasteiger partial charge in [0.15, 0.2) is 0 Å². The SMILES string of the molecule is NNc1ccc(NC(=O)N2CCN(Cc3cccc(OCCC4CCCCC4)c3)CC2)cn1. The summed E-state index contributed by atoms with van der Waals surface area (Å²) < 4.78 is 6.06. The largest absolute Gasteiger partial charge is 0.494 e. The second-order valence-electron chi connectivity index (χ2n) is 9.06. The average molecular weight is 453 g/mol. The van der Waals surface area contributed by atoms with E-state index in [1.54, 1.807) is 18.3 Å². The molecule has 0 unspecified atom stereocenters. The number of hydrogen-bond donors (Lipinski definition) is 3. The van der Waals surface area contributed by atoms with Crippen molar-refractivity contribution in [3.63, 3.8) is 0 Å². The lowest BCUT2D eigenvalue weighted by atomic mass is 9.87. The van der Waals surface area contributed by atoms with E-state index in [9.17, 15) is 4.79 Å². The molecule has 0 bridgehead atoms. The Labute approximate surface area is 196 Å². The molecule has 4 rings (SSSR count). The van der Waals surface area contributed by atoms with Crippen LogP contribution in [0.4, 0.5) is 16.3 Å². The number of pyridine rings is 1. The fraction of sp³-hybridized carbons (Fsp3) is 0.520. The molecule has 1 saturated heterocycles. The van der Waals surface area contributed by atoms with Crippen LogP contribution in [0.25, 0.3) is 0 Å². The summed E-state index contributed by atoms with van der Waals surface area (Å²) in [6.07, 6.45) is 9.64. The number of nitrogen functional groups attached to an aromatic ring is 1. The van der Waals surface area contributed by atoms with Crippen LogP contribution in [0.5, 0.6) is 5.75 Å². The molecular weight excluding hydrogens is 416 g/mol. The van der Waals surface area contributed by atoms with E-state index in [4.69, 9.17) is 10.6 Å². The zero-order valence-electron chi connectivity index (χ0n) is 19.3. The van der Waals surface area contributed by atoms with E-state index in [0.29, 0.717) is 24.6 Å². The summed E-state index contributed by atoms with van der Waals surface area (Å²) in [5.41, 5.74) is 4.38. The number of ether oxygens (including phenoxy) is 1. The monoisotopic (exact) mass is 452 g/mol. The zero-order chi connectivity index (χ0) is 22.9. The van der Waals surface area contributed by atoms with Crippen molar-refractivity contribution in [3.05, 3.63) is 48.2 Å². The van der Waals surface area contributed by atoms with Crippen molar-refractivity contribution in [2.45, 2.75) is 45.1 Å². The molecule has 2 heterocycles. The van der Waals surface area contributed by atoms with Crippen LogP contribution in [-0.4, -0.2) is 53.6 Å². The molecule has 1 aromatic carbocycles. The molecule has 1 aromatic heterocycles. The molecule has 0 atom stereocenters. The van der Waals surface area contributed by atoms with Gasteiger partial charge < -0.3 is 20.4 Å². The van der Waals surface area contributed by atoms with Gasteiger partial charge in [-0.25, -0.2) is 15.6 Å². The zero-order valence-corrected chi connectivity index (χ0v) is 19.3. The lowest BCUT2D eigenvalue weighted by Crippen LogP contribution is -2.49. The number of rotatable bonds is 8. The van der Waals surface area contributed by atoms with E-state index in [1.165, 1.54) is 44.1 Å². The van der Waals surface area contributed by atoms with E-state index in [2.05, 4.69) is 44.9 Å². The number of benzene rings is 1. The van der Waals surface area contributed by atoms with Crippen LogP contribution >= 0.6 is 0 Å². The number of nitrogens with zero attached hydrogens (tertiary/aromatic N) is 3. The van der Waals surface area contributed by atoms with Crippen LogP contribution in [0, 0.1) is 5.92 Å². The second-order valence-corrected chi connectivity index (χ2v) is 9.06. The number of nitrogens with two attached hydrogens (primary N) is 1. The first kappa shape index (κ1) is 23.3. The highest BCUT2D eigenvalue weighted by Gasteiger charge is 2.21. The summed E-state index contributed by atoms with van der Waals surface area (Å²) in [5.74, 6) is 7.69. The molecular formula is C25H36N6O2. The van der Waals surface area contributed by atoms with Crippen LogP contribution in [0.1, 0.15) is 44.1 Å². The Bertz CT molecular complexity index is 877. The number of carbonyl (C=O) groups excluding carboxylic acids is 1. The van der Waals surface area contributed by atoms with Gasteiger partial charge in [-0.05, 0) is 42.2 Å². The van der Waals surface area contributed by atoms with E-state index in [1.807, 2.05) is 4.90 Å².